The van der Waals surface area contributed by atoms with Gasteiger partial charge in [0.25, 0.3) is 0 Å². The molecule has 0 amide bonds. The summed E-state index contributed by atoms with van der Waals surface area (Å²) < 4.78 is 6.68. The molecule has 0 aromatic heterocycles. The highest BCUT2D eigenvalue weighted by Gasteiger charge is 2.07. The number of unbranched alkanes of at least 4 members (excludes halogenated alkanes) is 5. The number of amidine groups is 1. The molecule has 0 spiro atoms. The van der Waals surface area contributed by atoms with Crippen molar-refractivity contribution in [1.82, 2.24) is 0 Å². The molecular formula is C15H23BrN2O. The van der Waals surface area contributed by atoms with Gasteiger partial charge >= 0.3 is 0 Å². The van der Waals surface area contributed by atoms with Crippen molar-refractivity contribution in [3.63, 3.8) is 0 Å². The molecule has 4 heteroatoms. The van der Waals surface area contributed by atoms with Crippen molar-refractivity contribution in [1.29, 1.82) is 5.41 Å². The van der Waals surface area contributed by atoms with Crippen LogP contribution in [-0.2, 0) is 0 Å². The number of hydrogen-bond donors (Lipinski definition) is 2. The summed E-state index contributed by atoms with van der Waals surface area (Å²) in [6.45, 7) is 2.91. The maximum Gasteiger partial charge on any atom is 0.131 e. The van der Waals surface area contributed by atoms with Gasteiger partial charge in [-0.25, -0.2) is 0 Å². The Morgan fingerprint density at radius 3 is 2.58 bits per heavy atom. The Labute approximate surface area is 124 Å². The third kappa shape index (κ3) is 6.10. The molecule has 3 N–H and O–H groups in total. The van der Waals surface area contributed by atoms with Gasteiger partial charge in [0.2, 0.25) is 0 Å². The van der Waals surface area contributed by atoms with E-state index in [-0.39, 0.29) is 5.84 Å². The molecule has 0 bridgehead atoms. The van der Waals surface area contributed by atoms with Crippen LogP contribution in [0.25, 0.3) is 0 Å². The fraction of sp³-hybridized carbons (Fsp3) is 0.533. The van der Waals surface area contributed by atoms with E-state index >= 15 is 0 Å². The molecule has 0 aliphatic heterocycles. The number of hydrogen-bond acceptors (Lipinski definition) is 2. The summed E-state index contributed by atoms with van der Waals surface area (Å²) in [6, 6.07) is 5.55. The molecule has 1 aromatic rings. The van der Waals surface area contributed by atoms with Gasteiger partial charge in [-0.2, -0.15) is 0 Å². The topological polar surface area (TPSA) is 59.1 Å². The lowest BCUT2D eigenvalue weighted by molar-refractivity contribution is 0.303. The molecule has 106 valence electrons. The molecule has 0 unspecified atom stereocenters. The highest BCUT2D eigenvalue weighted by molar-refractivity contribution is 9.10. The van der Waals surface area contributed by atoms with Crippen LogP contribution >= 0.6 is 15.9 Å². The standard InChI is InChI=1S/C15H23BrN2O/c1-2-3-4-5-6-7-10-19-14-11-12(16)8-9-13(14)15(17)18/h8-9,11H,2-7,10H2,1H3,(H3,17,18). The van der Waals surface area contributed by atoms with Crippen molar-refractivity contribution >= 4 is 21.8 Å². The second kappa shape index (κ2) is 8.97. The predicted octanol–water partition coefficient (Wildman–Crippen LogP) is 4.47. The lowest BCUT2D eigenvalue weighted by atomic mass is 10.1. The van der Waals surface area contributed by atoms with E-state index in [0.29, 0.717) is 17.9 Å². The lowest BCUT2D eigenvalue weighted by Gasteiger charge is -2.11. The Morgan fingerprint density at radius 1 is 1.21 bits per heavy atom. The zero-order valence-electron chi connectivity index (χ0n) is 11.5. The third-order valence-corrected chi connectivity index (χ3v) is 3.48. The molecule has 1 rings (SSSR count). The first-order valence-corrected chi connectivity index (χ1v) is 7.71. The van der Waals surface area contributed by atoms with E-state index in [0.717, 1.165) is 10.9 Å². The van der Waals surface area contributed by atoms with Crippen LogP contribution < -0.4 is 10.5 Å². The number of nitrogen functional groups attached to an aromatic ring is 1. The molecule has 0 fully saturated rings. The van der Waals surface area contributed by atoms with Gasteiger partial charge in [-0.1, -0.05) is 55.0 Å². The average Bonchev–Trinajstić information content (AvgIpc) is 2.37. The number of benzene rings is 1. The van der Waals surface area contributed by atoms with E-state index in [1.54, 1.807) is 0 Å². The summed E-state index contributed by atoms with van der Waals surface area (Å²) in [4.78, 5) is 0. The van der Waals surface area contributed by atoms with Crippen molar-refractivity contribution in [3.8, 4) is 5.75 Å². The van der Waals surface area contributed by atoms with Gasteiger partial charge in [0.1, 0.15) is 11.6 Å². The summed E-state index contributed by atoms with van der Waals surface area (Å²) in [5, 5.41) is 7.52. The number of nitrogens with two attached hydrogens (primary N) is 1. The Hall–Kier alpha value is -1.03. The van der Waals surface area contributed by atoms with Crippen LogP contribution in [0.1, 0.15) is 51.0 Å². The van der Waals surface area contributed by atoms with E-state index in [4.69, 9.17) is 15.9 Å². The van der Waals surface area contributed by atoms with Gasteiger partial charge in [0, 0.05) is 4.47 Å². The number of halogens is 1. The normalized spacial score (nSPS) is 10.4. The molecule has 19 heavy (non-hydrogen) atoms. The fourth-order valence-electron chi connectivity index (χ4n) is 1.90. The monoisotopic (exact) mass is 326 g/mol. The average molecular weight is 327 g/mol. The smallest absolute Gasteiger partial charge is 0.131 e. The molecule has 0 aliphatic carbocycles. The second-order valence-corrected chi connectivity index (χ2v) is 5.59. The Bertz CT molecular complexity index is 407. The maximum absolute atomic E-state index is 7.52. The summed E-state index contributed by atoms with van der Waals surface area (Å²) in [5.74, 6) is 0.737. The van der Waals surface area contributed by atoms with Crippen LogP contribution in [0.4, 0.5) is 0 Å². The minimum atomic E-state index is 0.0467. The molecular weight excluding hydrogens is 304 g/mol. The molecule has 0 radical (unpaired) electrons. The predicted molar refractivity (Wildman–Crippen MR) is 84.0 cm³/mol. The van der Waals surface area contributed by atoms with Gasteiger partial charge in [-0.05, 0) is 24.6 Å². The van der Waals surface area contributed by atoms with Crippen molar-refractivity contribution in [2.75, 3.05) is 6.61 Å². The van der Waals surface area contributed by atoms with Crippen LogP contribution in [0.5, 0.6) is 5.75 Å². The minimum absolute atomic E-state index is 0.0467. The van der Waals surface area contributed by atoms with E-state index < -0.39 is 0 Å². The Morgan fingerprint density at radius 2 is 1.89 bits per heavy atom. The van der Waals surface area contributed by atoms with E-state index in [1.165, 1.54) is 32.1 Å². The number of ether oxygens (including phenoxy) is 1. The molecule has 0 atom stereocenters. The van der Waals surface area contributed by atoms with Crippen molar-refractivity contribution in [2.45, 2.75) is 45.4 Å². The van der Waals surface area contributed by atoms with E-state index in [9.17, 15) is 0 Å². The number of rotatable bonds is 9. The van der Waals surface area contributed by atoms with Crippen LogP contribution in [-0.4, -0.2) is 12.4 Å². The number of nitrogens with one attached hydrogen (secondary N) is 1. The minimum Gasteiger partial charge on any atom is -0.493 e. The van der Waals surface area contributed by atoms with Gasteiger partial charge in [-0.3, -0.25) is 5.41 Å². The molecule has 1 aromatic carbocycles. The van der Waals surface area contributed by atoms with Crippen molar-refractivity contribution < 1.29 is 4.74 Å². The fourth-order valence-corrected chi connectivity index (χ4v) is 2.24. The van der Waals surface area contributed by atoms with Crippen LogP contribution in [0.15, 0.2) is 22.7 Å². The Kier molecular flexibility index (Phi) is 7.56. The van der Waals surface area contributed by atoms with Crippen LogP contribution in [0, 0.1) is 5.41 Å². The summed E-state index contributed by atoms with van der Waals surface area (Å²) >= 11 is 3.41. The zero-order chi connectivity index (χ0) is 14.1. The molecule has 0 aliphatic rings. The summed E-state index contributed by atoms with van der Waals surface area (Å²) in [5.41, 5.74) is 6.20. The first kappa shape index (κ1) is 16.0. The SMILES string of the molecule is CCCCCCCCOc1cc(Br)ccc1C(=N)N. The van der Waals surface area contributed by atoms with Crippen LogP contribution in [0.2, 0.25) is 0 Å². The van der Waals surface area contributed by atoms with Gasteiger partial charge in [0.05, 0.1) is 12.2 Å². The van der Waals surface area contributed by atoms with Gasteiger partial charge in [-0.15, -0.1) is 0 Å². The molecule has 0 saturated carbocycles. The summed E-state index contributed by atoms with van der Waals surface area (Å²) in [6.07, 6.45) is 7.43. The Balaban J connectivity index is 2.36. The van der Waals surface area contributed by atoms with Crippen molar-refractivity contribution in [2.24, 2.45) is 5.73 Å². The molecule has 0 heterocycles. The third-order valence-electron chi connectivity index (χ3n) is 2.99. The van der Waals surface area contributed by atoms with E-state index in [2.05, 4.69) is 22.9 Å². The molecule has 0 saturated heterocycles. The maximum atomic E-state index is 7.52. The largest absolute Gasteiger partial charge is 0.493 e. The van der Waals surface area contributed by atoms with Crippen molar-refractivity contribution in [3.05, 3.63) is 28.2 Å². The van der Waals surface area contributed by atoms with Gasteiger partial charge in [0.15, 0.2) is 0 Å². The highest BCUT2D eigenvalue weighted by atomic mass is 79.9. The van der Waals surface area contributed by atoms with E-state index in [1.807, 2.05) is 18.2 Å². The zero-order valence-corrected chi connectivity index (χ0v) is 13.1. The highest BCUT2D eigenvalue weighted by Crippen LogP contribution is 2.23. The molecule has 3 nitrogen and oxygen atoms in total. The van der Waals surface area contributed by atoms with Crippen LogP contribution in [0.3, 0.4) is 0 Å². The first-order chi connectivity index (χ1) is 9.15. The lowest BCUT2D eigenvalue weighted by Crippen LogP contribution is -2.13. The quantitative estimate of drug-likeness (QED) is 0.399. The summed E-state index contributed by atoms with van der Waals surface area (Å²) in [7, 11) is 0. The second-order valence-electron chi connectivity index (χ2n) is 4.67. The van der Waals surface area contributed by atoms with Gasteiger partial charge < -0.3 is 10.5 Å². The first-order valence-electron chi connectivity index (χ1n) is 6.92.